The first-order valence-electron chi connectivity index (χ1n) is 10.7. The van der Waals surface area contributed by atoms with Crippen LogP contribution in [-0.2, 0) is 16.1 Å². The zero-order valence-corrected chi connectivity index (χ0v) is 19.0. The van der Waals surface area contributed by atoms with Crippen LogP contribution in [0.4, 0.5) is 26.3 Å². The Morgan fingerprint density at radius 2 is 1.53 bits per heavy atom. The lowest BCUT2D eigenvalue weighted by Crippen LogP contribution is -2.48. The Morgan fingerprint density at radius 1 is 0.917 bits per heavy atom. The fraction of sp³-hybridized carbons (Fsp3) is 0.391. The van der Waals surface area contributed by atoms with Crippen LogP contribution in [0.5, 0.6) is 11.5 Å². The average molecular weight is 522 g/mol. The minimum absolute atomic E-state index is 0.0721. The maximum absolute atomic E-state index is 12.7. The zero-order valence-electron chi connectivity index (χ0n) is 19.0. The summed E-state index contributed by atoms with van der Waals surface area (Å²) in [7, 11) is 0. The summed E-state index contributed by atoms with van der Waals surface area (Å²) in [5, 5.41) is 2.52. The van der Waals surface area contributed by atoms with Crippen LogP contribution in [-0.4, -0.2) is 43.6 Å². The second-order valence-electron chi connectivity index (χ2n) is 7.41. The number of carbonyl (C=O) groups excluding carboxylic acids is 2. The lowest BCUT2D eigenvalue weighted by Gasteiger charge is -2.19. The largest absolute Gasteiger partial charge is 0.573 e. The first-order chi connectivity index (χ1) is 16.9. The molecule has 7 nitrogen and oxygen atoms in total. The van der Waals surface area contributed by atoms with E-state index in [1.807, 2.05) is 0 Å². The van der Waals surface area contributed by atoms with E-state index >= 15 is 0 Å². The molecule has 0 aromatic heterocycles. The summed E-state index contributed by atoms with van der Waals surface area (Å²) in [4.78, 5) is 30.0. The molecule has 2 aromatic carbocycles. The Hall–Kier alpha value is -3.48. The summed E-state index contributed by atoms with van der Waals surface area (Å²) in [6.07, 6.45) is -10.4. The van der Waals surface area contributed by atoms with Crippen LogP contribution in [0.25, 0.3) is 0 Å². The van der Waals surface area contributed by atoms with Crippen molar-refractivity contribution in [2.45, 2.75) is 44.8 Å². The maximum atomic E-state index is 12.7. The minimum Gasteiger partial charge on any atom is -0.494 e. The Kier molecular flexibility index (Phi) is 10.4. The molecule has 0 radical (unpaired) electrons. The van der Waals surface area contributed by atoms with Gasteiger partial charge in [0.1, 0.15) is 17.5 Å². The molecule has 0 saturated carbocycles. The summed E-state index contributed by atoms with van der Waals surface area (Å²) >= 11 is 0. The third-order valence-electron chi connectivity index (χ3n) is 4.53. The number of rotatable bonds is 12. The lowest BCUT2D eigenvalue weighted by atomic mass is 10.0. The molecule has 0 bridgehead atoms. The number of benzene rings is 2. The van der Waals surface area contributed by atoms with Crippen LogP contribution in [0.1, 0.15) is 35.7 Å². The van der Waals surface area contributed by atoms with E-state index in [0.29, 0.717) is 5.56 Å². The normalized spacial score (nSPS) is 12.5. The molecular weight excluding hydrogens is 498 g/mol. The van der Waals surface area contributed by atoms with Gasteiger partial charge in [-0.15, -0.1) is 13.2 Å². The Balaban J connectivity index is 2.01. The van der Waals surface area contributed by atoms with Gasteiger partial charge in [0.2, 0.25) is 0 Å². The van der Waals surface area contributed by atoms with Crippen LogP contribution in [0, 0.1) is 0 Å². The lowest BCUT2D eigenvalue weighted by molar-refractivity contribution is -0.274. The van der Waals surface area contributed by atoms with Gasteiger partial charge in [-0.1, -0.05) is 12.1 Å². The van der Waals surface area contributed by atoms with E-state index in [1.54, 1.807) is 6.92 Å². The molecule has 0 heterocycles. The van der Waals surface area contributed by atoms with E-state index < -0.39 is 42.6 Å². The van der Waals surface area contributed by atoms with Crippen molar-refractivity contribution >= 4 is 11.8 Å². The summed E-state index contributed by atoms with van der Waals surface area (Å²) in [5.74, 6) is -1.51. The average Bonchev–Trinajstić information content (AvgIpc) is 2.80. The van der Waals surface area contributed by atoms with Crippen LogP contribution in [0.15, 0.2) is 48.5 Å². The molecule has 0 aliphatic rings. The van der Waals surface area contributed by atoms with Gasteiger partial charge in [-0.25, -0.2) is 5.48 Å². The number of nitrogens with one attached hydrogen (secondary N) is 2. The van der Waals surface area contributed by atoms with E-state index in [0.717, 1.165) is 12.1 Å². The van der Waals surface area contributed by atoms with Gasteiger partial charge < -0.3 is 14.8 Å². The van der Waals surface area contributed by atoms with Crippen LogP contribution >= 0.6 is 0 Å². The molecule has 0 fully saturated rings. The third-order valence-corrected chi connectivity index (χ3v) is 4.53. The molecule has 2 aromatic rings. The molecule has 0 aliphatic carbocycles. The topological polar surface area (TPSA) is 85.9 Å². The van der Waals surface area contributed by atoms with Crippen molar-refractivity contribution in [3.8, 4) is 11.5 Å². The highest BCUT2D eigenvalue weighted by Gasteiger charge is 2.31. The van der Waals surface area contributed by atoms with Gasteiger partial charge in [0.15, 0.2) is 0 Å². The molecule has 2 N–H and O–H groups in total. The Morgan fingerprint density at radius 3 is 2.08 bits per heavy atom. The van der Waals surface area contributed by atoms with Crippen LogP contribution < -0.4 is 20.3 Å². The molecule has 0 spiro atoms. The molecule has 2 rings (SSSR count). The van der Waals surface area contributed by atoms with Crippen LogP contribution in [0.2, 0.25) is 0 Å². The number of hydrogen-bond acceptors (Lipinski definition) is 5. The zero-order chi connectivity index (χ0) is 26.8. The van der Waals surface area contributed by atoms with Crippen molar-refractivity contribution in [2.24, 2.45) is 0 Å². The van der Waals surface area contributed by atoms with Crippen molar-refractivity contribution in [1.82, 2.24) is 10.8 Å². The van der Waals surface area contributed by atoms with Gasteiger partial charge >= 0.3 is 12.5 Å². The molecular formula is C23H24F6N2O5. The highest BCUT2D eigenvalue weighted by molar-refractivity contribution is 5.97. The fourth-order valence-electron chi connectivity index (χ4n) is 2.89. The summed E-state index contributed by atoms with van der Waals surface area (Å²) in [6.45, 7) is 1.62. The number of halogens is 6. The molecule has 13 heteroatoms. The first-order valence-corrected chi connectivity index (χ1v) is 10.7. The molecule has 36 heavy (non-hydrogen) atoms. The van der Waals surface area contributed by atoms with E-state index in [2.05, 4.69) is 15.5 Å². The van der Waals surface area contributed by atoms with Gasteiger partial charge in [0.25, 0.3) is 11.8 Å². The van der Waals surface area contributed by atoms with Crippen molar-refractivity contribution in [3.05, 3.63) is 59.7 Å². The number of carbonyl (C=O) groups is 2. The predicted octanol–water partition coefficient (Wildman–Crippen LogP) is 4.72. The monoisotopic (exact) mass is 522 g/mol. The van der Waals surface area contributed by atoms with Crippen LogP contribution in [0.3, 0.4) is 0 Å². The maximum Gasteiger partial charge on any atom is 0.573 e. The molecule has 2 amide bonds. The molecule has 0 aliphatic heterocycles. The number of ether oxygens (including phenoxy) is 2. The summed E-state index contributed by atoms with van der Waals surface area (Å²) < 4.78 is 82.6. The first kappa shape index (κ1) is 28.8. The van der Waals surface area contributed by atoms with Crippen molar-refractivity contribution in [2.75, 3.05) is 13.2 Å². The van der Waals surface area contributed by atoms with E-state index in [9.17, 15) is 35.9 Å². The smallest absolute Gasteiger partial charge is 0.494 e. The van der Waals surface area contributed by atoms with Gasteiger partial charge in [0, 0.05) is 18.4 Å². The van der Waals surface area contributed by atoms with Crippen molar-refractivity contribution in [1.29, 1.82) is 0 Å². The second-order valence-corrected chi connectivity index (χ2v) is 7.41. The van der Waals surface area contributed by atoms with E-state index in [1.165, 1.54) is 36.4 Å². The van der Waals surface area contributed by atoms with Gasteiger partial charge in [-0.2, -0.15) is 13.2 Å². The van der Waals surface area contributed by atoms with Gasteiger partial charge in [-0.3, -0.25) is 14.4 Å². The Labute approximate surface area is 202 Å². The number of alkyl halides is 6. The second kappa shape index (κ2) is 13.0. The minimum atomic E-state index is -4.85. The molecule has 198 valence electrons. The quantitative estimate of drug-likeness (QED) is 0.240. The number of hydroxylamine groups is 1. The van der Waals surface area contributed by atoms with E-state index in [4.69, 9.17) is 9.57 Å². The number of hydrogen-bond donors (Lipinski definition) is 2. The van der Waals surface area contributed by atoms with E-state index in [-0.39, 0.29) is 37.4 Å². The van der Waals surface area contributed by atoms with Gasteiger partial charge in [0.05, 0.1) is 13.2 Å². The fourth-order valence-corrected chi connectivity index (χ4v) is 2.89. The molecule has 0 saturated heterocycles. The predicted molar refractivity (Wildman–Crippen MR) is 115 cm³/mol. The SMILES string of the molecule is CCONC(=O)C(Cc1ccc(OC(F)(F)F)cc1)NC(=O)c1ccc(OCCCC(F)(F)F)cc1. The molecule has 1 unspecified atom stereocenters. The Bertz CT molecular complexity index is 978. The summed E-state index contributed by atoms with van der Waals surface area (Å²) in [5.41, 5.74) is 2.75. The summed E-state index contributed by atoms with van der Waals surface area (Å²) in [6, 6.07) is 9.19. The highest BCUT2D eigenvalue weighted by Crippen LogP contribution is 2.23. The number of amides is 2. The highest BCUT2D eigenvalue weighted by atomic mass is 19.4. The third kappa shape index (κ3) is 10.8. The van der Waals surface area contributed by atoms with Crippen molar-refractivity contribution < 1.29 is 50.2 Å². The molecule has 1 atom stereocenters. The van der Waals surface area contributed by atoms with Crippen molar-refractivity contribution in [3.63, 3.8) is 0 Å². The van der Waals surface area contributed by atoms with Gasteiger partial charge in [-0.05, 0) is 55.3 Å². The standard InChI is InChI=1S/C23H24F6N2O5/c1-2-35-31-21(33)19(14-15-4-8-18(9-5-15)36-23(27,28)29)30-20(32)16-6-10-17(11-7-16)34-13-3-12-22(24,25)26/h4-11,19H,2-3,12-14H2,1H3,(H,30,32)(H,31,33).